The van der Waals surface area contributed by atoms with Crippen LogP contribution in [0.2, 0.25) is 0 Å². The molecular formula is C20H27N3O. The van der Waals surface area contributed by atoms with Gasteiger partial charge in [-0.2, -0.15) is 0 Å². The first-order chi connectivity index (χ1) is 11.5. The zero-order valence-electron chi connectivity index (χ0n) is 14.9. The van der Waals surface area contributed by atoms with Crippen molar-refractivity contribution in [3.63, 3.8) is 0 Å². The average Bonchev–Trinajstić information content (AvgIpc) is 2.59. The summed E-state index contributed by atoms with van der Waals surface area (Å²) in [5, 5.41) is 0. The number of aryl methyl sites for hydroxylation is 1. The van der Waals surface area contributed by atoms with Crippen LogP contribution in [0.15, 0.2) is 41.5 Å². The molecule has 0 N–H and O–H groups in total. The second kappa shape index (κ2) is 7.20. The highest BCUT2D eigenvalue weighted by Gasteiger charge is 2.22. The Bertz CT molecular complexity index is 725. The lowest BCUT2D eigenvalue weighted by Crippen LogP contribution is -2.39. The molecule has 2 heterocycles. The molecule has 0 spiro atoms. The van der Waals surface area contributed by atoms with Crippen LogP contribution < -0.4 is 10.5 Å². The average molecular weight is 325 g/mol. The number of rotatable bonds is 4. The van der Waals surface area contributed by atoms with Crippen LogP contribution >= 0.6 is 0 Å². The summed E-state index contributed by atoms with van der Waals surface area (Å²) in [7, 11) is 1.78. The molecule has 4 heteroatoms. The standard InChI is InChI=1S/C20H27N3O/c1-15(2)18-6-4-16(5-7-18)14-17-8-11-23(12-9-17)19-20(24)22(3)13-10-21-19/h4-7,10,13,15,17H,8-9,11-12,14H2,1-3H3. The third-order valence-corrected chi connectivity index (χ3v) is 5.08. The first kappa shape index (κ1) is 16.7. The van der Waals surface area contributed by atoms with Crippen molar-refractivity contribution in [1.29, 1.82) is 0 Å². The molecule has 0 aliphatic carbocycles. The van der Waals surface area contributed by atoms with Crippen molar-refractivity contribution < 1.29 is 0 Å². The number of nitrogens with zero attached hydrogens (tertiary/aromatic N) is 3. The second-order valence-corrected chi connectivity index (χ2v) is 7.20. The van der Waals surface area contributed by atoms with Gasteiger partial charge < -0.3 is 9.47 Å². The molecule has 0 bridgehead atoms. The molecule has 0 amide bonds. The Morgan fingerprint density at radius 1 is 1.17 bits per heavy atom. The monoisotopic (exact) mass is 325 g/mol. The van der Waals surface area contributed by atoms with E-state index in [2.05, 4.69) is 48.0 Å². The number of anilines is 1. The Balaban J connectivity index is 1.59. The molecule has 3 rings (SSSR count). The minimum Gasteiger partial charge on any atom is -0.352 e. The number of hydrogen-bond donors (Lipinski definition) is 0. The summed E-state index contributed by atoms with van der Waals surface area (Å²) >= 11 is 0. The van der Waals surface area contributed by atoms with Gasteiger partial charge in [-0.1, -0.05) is 38.1 Å². The fourth-order valence-electron chi connectivity index (χ4n) is 3.42. The van der Waals surface area contributed by atoms with Crippen LogP contribution in [-0.2, 0) is 13.5 Å². The van der Waals surface area contributed by atoms with Crippen LogP contribution in [-0.4, -0.2) is 22.6 Å². The van der Waals surface area contributed by atoms with Crippen molar-refractivity contribution in [2.45, 2.75) is 39.0 Å². The highest BCUT2D eigenvalue weighted by molar-refractivity contribution is 5.36. The lowest BCUT2D eigenvalue weighted by molar-refractivity contribution is 0.401. The highest BCUT2D eigenvalue weighted by Crippen LogP contribution is 2.24. The normalized spacial score (nSPS) is 15.9. The predicted molar refractivity (Wildman–Crippen MR) is 98.7 cm³/mol. The van der Waals surface area contributed by atoms with Gasteiger partial charge in [0, 0.05) is 32.5 Å². The third-order valence-electron chi connectivity index (χ3n) is 5.08. The molecule has 0 radical (unpaired) electrons. The fraction of sp³-hybridized carbons (Fsp3) is 0.500. The van der Waals surface area contributed by atoms with Crippen LogP contribution in [0.5, 0.6) is 0 Å². The van der Waals surface area contributed by atoms with Crippen molar-refractivity contribution in [2.75, 3.05) is 18.0 Å². The summed E-state index contributed by atoms with van der Waals surface area (Å²) in [6, 6.07) is 9.06. The Labute approximate surface area is 144 Å². The maximum absolute atomic E-state index is 12.2. The largest absolute Gasteiger partial charge is 0.352 e. The van der Waals surface area contributed by atoms with Crippen LogP contribution in [0.25, 0.3) is 0 Å². The Kier molecular flexibility index (Phi) is 5.03. The molecule has 1 aliphatic heterocycles. The van der Waals surface area contributed by atoms with Gasteiger partial charge >= 0.3 is 0 Å². The molecule has 0 unspecified atom stereocenters. The molecule has 1 aromatic heterocycles. The molecular weight excluding hydrogens is 298 g/mol. The topological polar surface area (TPSA) is 38.1 Å². The van der Waals surface area contributed by atoms with Crippen LogP contribution in [0.3, 0.4) is 0 Å². The summed E-state index contributed by atoms with van der Waals surface area (Å²) in [5.74, 6) is 1.88. The van der Waals surface area contributed by atoms with Gasteiger partial charge in [-0.3, -0.25) is 4.79 Å². The van der Waals surface area contributed by atoms with Gasteiger partial charge in [0.25, 0.3) is 5.56 Å². The number of aromatic nitrogens is 2. The van der Waals surface area contributed by atoms with Gasteiger partial charge in [0.2, 0.25) is 0 Å². The van der Waals surface area contributed by atoms with Crippen molar-refractivity contribution in [2.24, 2.45) is 13.0 Å². The van der Waals surface area contributed by atoms with Crippen molar-refractivity contribution in [1.82, 2.24) is 9.55 Å². The summed E-state index contributed by atoms with van der Waals surface area (Å²) in [6.07, 6.45) is 6.78. The first-order valence-electron chi connectivity index (χ1n) is 8.90. The Morgan fingerprint density at radius 3 is 2.46 bits per heavy atom. The lowest BCUT2D eigenvalue weighted by Gasteiger charge is -2.32. The van der Waals surface area contributed by atoms with E-state index in [0.29, 0.717) is 17.7 Å². The van der Waals surface area contributed by atoms with Gasteiger partial charge in [-0.05, 0) is 42.2 Å². The lowest BCUT2D eigenvalue weighted by atomic mass is 9.89. The Morgan fingerprint density at radius 2 is 1.83 bits per heavy atom. The smallest absolute Gasteiger partial charge is 0.293 e. The zero-order chi connectivity index (χ0) is 17.1. The SMILES string of the molecule is CC(C)c1ccc(CC2CCN(c3nccn(C)c3=O)CC2)cc1. The fourth-order valence-corrected chi connectivity index (χ4v) is 3.42. The van der Waals surface area contributed by atoms with E-state index in [1.165, 1.54) is 11.1 Å². The summed E-state index contributed by atoms with van der Waals surface area (Å²) in [5.41, 5.74) is 2.83. The molecule has 0 saturated carbocycles. The van der Waals surface area contributed by atoms with E-state index in [0.717, 1.165) is 32.4 Å². The second-order valence-electron chi connectivity index (χ2n) is 7.20. The third kappa shape index (κ3) is 3.69. The van der Waals surface area contributed by atoms with Crippen LogP contribution in [0.1, 0.15) is 43.7 Å². The van der Waals surface area contributed by atoms with Crippen LogP contribution in [0, 0.1) is 5.92 Å². The molecule has 1 fully saturated rings. The van der Waals surface area contributed by atoms with Gasteiger partial charge in [-0.25, -0.2) is 4.98 Å². The van der Waals surface area contributed by atoms with Crippen molar-refractivity contribution >= 4 is 5.82 Å². The molecule has 24 heavy (non-hydrogen) atoms. The molecule has 4 nitrogen and oxygen atoms in total. The maximum atomic E-state index is 12.2. The first-order valence-corrected chi connectivity index (χ1v) is 8.90. The minimum atomic E-state index is 0.000208. The maximum Gasteiger partial charge on any atom is 0.293 e. The summed E-state index contributed by atoms with van der Waals surface area (Å²) < 4.78 is 1.60. The van der Waals surface area contributed by atoms with Crippen LogP contribution in [0.4, 0.5) is 5.82 Å². The minimum absolute atomic E-state index is 0.000208. The molecule has 1 saturated heterocycles. The van der Waals surface area contributed by atoms with Gasteiger partial charge in [0.1, 0.15) is 0 Å². The van der Waals surface area contributed by atoms with E-state index in [1.54, 1.807) is 24.0 Å². The zero-order valence-corrected chi connectivity index (χ0v) is 14.9. The molecule has 128 valence electrons. The van der Waals surface area contributed by atoms with Gasteiger partial charge in [-0.15, -0.1) is 0 Å². The van der Waals surface area contributed by atoms with Gasteiger partial charge in [0.15, 0.2) is 5.82 Å². The number of hydrogen-bond acceptors (Lipinski definition) is 3. The highest BCUT2D eigenvalue weighted by atomic mass is 16.1. The summed E-state index contributed by atoms with van der Waals surface area (Å²) in [4.78, 5) is 18.6. The predicted octanol–water partition coefficient (Wildman–Crippen LogP) is 3.36. The molecule has 0 atom stereocenters. The van der Waals surface area contributed by atoms with E-state index >= 15 is 0 Å². The van der Waals surface area contributed by atoms with E-state index in [9.17, 15) is 4.79 Å². The quantitative estimate of drug-likeness (QED) is 0.865. The van der Waals surface area contributed by atoms with Crippen molar-refractivity contribution in [3.05, 3.63) is 58.1 Å². The molecule has 1 aromatic carbocycles. The Hall–Kier alpha value is -2.10. The number of piperidine rings is 1. The molecule has 2 aromatic rings. The molecule has 1 aliphatic rings. The number of benzene rings is 1. The van der Waals surface area contributed by atoms with Gasteiger partial charge in [0.05, 0.1) is 0 Å². The van der Waals surface area contributed by atoms with E-state index < -0.39 is 0 Å². The van der Waals surface area contributed by atoms with Crippen molar-refractivity contribution in [3.8, 4) is 0 Å². The van der Waals surface area contributed by atoms with E-state index in [-0.39, 0.29) is 5.56 Å². The van der Waals surface area contributed by atoms with E-state index in [4.69, 9.17) is 0 Å². The van der Waals surface area contributed by atoms with E-state index in [1.807, 2.05) is 0 Å². The summed E-state index contributed by atoms with van der Waals surface area (Å²) in [6.45, 7) is 6.29.